The number of nitrogens with one attached hydrogen (secondary N) is 3. The highest BCUT2D eigenvalue weighted by Crippen LogP contribution is 2.47. The van der Waals surface area contributed by atoms with E-state index in [4.69, 9.17) is 0 Å². The Labute approximate surface area is 235 Å². The zero-order valence-corrected chi connectivity index (χ0v) is 23.9. The molecule has 0 saturated carbocycles. The highest BCUT2D eigenvalue weighted by molar-refractivity contribution is 6.06. The van der Waals surface area contributed by atoms with Crippen molar-refractivity contribution in [2.45, 2.75) is 59.0 Å². The second-order valence-electron chi connectivity index (χ2n) is 12.0. The standard InChI is InChI=1S/C32H37N5O3/c1-20-13-23-15-32(25-11-8-12-34-28(25)36-29(32)39)16-24(23)14-26(20)35-27(38)19-37(30(40)31(2,3)4)18-22-10-7-6-9-21(22)17-33-5/h6-14,33H,15-19H2,1-5H3,(H,35,38)(H,34,36,39). The summed E-state index contributed by atoms with van der Waals surface area (Å²) < 4.78 is 0. The monoisotopic (exact) mass is 539 g/mol. The highest BCUT2D eigenvalue weighted by Gasteiger charge is 2.51. The Kier molecular flexibility index (Phi) is 7.23. The van der Waals surface area contributed by atoms with Gasteiger partial charge in [-0.1, -0.05) is 57.2 Å². The predicted molar refractivity (Wildman–Crippen MR) is 156 cm³/mol. The summed E-state index contributed by atoms with van der Waals surface area (Å²) in [6.45, 7) is 8.51. The largest absolute Gasteiger partial charge is 0.329 e. The van der Waals surface area contributed by atoms with Gasteiger partial charge in [-0.05, 0) is 66.8 Å². The minimum Gasteiger partial charge on any atom is -0.329 e. The van der Waals surface area contributed by atoms with Gasteiger partial charge in [0.25, 0.3) is 0 Å². The van der Waals surface area contributed by atoms with Gasteiger partial charge in [0, 0.05) is 36.0 Å². The molecule has 5 rings (SSSR count). The number of anilines is 2. The van der Waals surface area contributed by atoms with Crippen LogP contribution in [0.15, 0.2) is 54.7 Å². The summed E-state index contributed by atoms with van der Waals surface area (Å²) in [4.78, 5) is 45.9. The van der Waals surface area contributed by atoms with Crippen LogP contribution in [-0.4, -0.2) is 41.2 Å². The lowest BCUT2D eigenvalue weighted by Crippen LogP contribution is -2.43. The third kappa shape index (κ3) is 5.11. The fraction of sp³-hybridized carbons (Fsp3) is 0.375. The van der Waals surface area contributed by atoms with Crippen LogP contribution in [0.25, 0.3) is 0 Å². The smallest absolute Gasteiger partial charge is 0.244 e. The fourth-order valence-corrected chi connectivity index (χ4v) is 5.90. The molecule has 1 aromatic heterocycles. The molecule has 1 unspecified atom stereocenters. The Balaban J connectivity index is 1.36. The van der Waals surface area contributed by atoms with E-state index in [9.17, 15) is 14.4 Å². The van der Waals surface area contributed by atoms with Crippen molar-refractivity contribution in [3.05, 3.63) is 88.1 Å². The average molecular weight is 540 g/mol. The first-order valence-electron chi connectivity index (χ1n) is 13.7. The van der Waals surface area contributed by atoms with E-state index < -0.39 is 10.8 Å². The molecule has 2 aliphatic rings. The highest BCUT2D eigenvalue weighted by atomic mass is 16.2. The number of aromatic nitrogens is 1. The number of aryl methyl sites for hydroxylation is 1. The molecule has 1 aliphatic carbocycles. The van der Waals surface area contributed by atoms with Crippen molar-refractivity contribution < 1.29 is 14.4 Å². The molecule has 40 heavy (non-hydrogen) atoms. The third-order valence-corrected chi connectivity index (χ3v) is 7.91. The molecule has 0 bridgehead atoms. The lowest BCUT2D eigenvalue weighted by molar-refractivity contribution is -0.142. The molecule has 208 valence electrons. The summed E-state index contributed by atoms with van der Waals surface area (Å²) in [7, 11) is 1.89. The number of fused-ring (bicyclic) bond motifs is 3. The number of rotatable bonds is 7. The molecule has 3 aromatic rings. The minimum absolute atomic E-state index is 0.0319. The van der Waals surface area contributed by atoms with Crippen LogP contribution in [0.2, 0.25) is 0 Å². The van der Waals surface area contributed by atoms with Gasteiger partial charge in [-0.25, -0.2) is 4.98 Å². The molecular weight excluding hydrogens is 502 g/mol. The summed E-state index contributed by atoms with van der Waals surface area (Å²) in [5.41, 5.74) is 5.48. The van der Waals surface area contributed by atoms with E-state index in [0.29, 0.717) is 37.4 Å². The van der Waals surface area contributed by atoms with Crippen LogP contribution in [0.4, 0.5) is 11.5 Å². The van der Waals surface area contributed by atoms with Crippen LogP contribution < -0.4 is 16.0 Å². The van der Waals surface area contributed by atoms with Crippen LogP contribution in [0.3, 0.4) is 0 Å². The van der Waals surface area contributed by atoms with E-state index in [-0.39, 0.29) is 24.3 Å². The Morgan fingerprint density at radius 3 is 2.45 bits per heavy atom. The van der Waals surface area contributed by atoms with Crippen molar-refractivity contribution in [3.8, 4) is 0 Å². The van der Waals surface area contributed by atoms with Crippen LogP contribution in [0.1, 0.15) is 54.2 Å². The number of amides is 3. The molecule has 8 heteroatoms. The molecule has 1 aliphatic heterocycles. The zero-order chi connectivity index (χ0) is 28.7. The minimum atomic E-state index is -0.669. The molecule has 3 amide bonds. The van der Waals surface area contributed by atoms with E-state index in [1.165, 1.54) is 0 Å². The lowest BCUT2D eigenvalue weighted by atomic mass is 9.79. The number of carbonyl (C=O) groups excluding carboxylic acids is 3. The molecule has 0 saturated heterocycles. The quantitative estimate of drug-likeness (QED) is 0.419. The molecule has 2 heterocycles. The molecule has 8 nitrogen and oxygen atoms in total. The van der Waals surface area contributed by atoms with Crippen LogP contribution >= 0.6 is 0 Å². The van der Waals surface area contributed by atoms with Crippen molar-refractivity contribution in [2.24, 2.45) is 5.41 Å². The van der Waals surface area contributed by atoms with Crippen molar-refractivity contribution in [2.75, 3.05) is 24.2 Å². The zero-order valence-electron chi connectivity index (χ0n) is 23.9. The van der Waals surface area contributed by atoms with Gasteiger partial charge < -0.3 is 20.9 Å². The fourth-order valence-electron chi connectivity index (χ4n) is 5.90. The van der Waals surface area contributed by atoms with Gasteiger partial charge in [0.2, 0.25) is 17.7 Å². The first-order valence-corrected chi connectivity index (χ1v) is 13.7. The first-order chi connectivity index (χ1) is 19.0. The van der Waals surface area contributed by atoms with Gasteiger partial charge in [-0.2, -0.15) is 0 Å². The first kappa shape index (κ1) is 27.5. The van der Waals surface area contributed by atoms with E-state index in [1.807, 2.05) is 77.2 Å². The number of nitrogens with zero attached hydrogens (tertiary/aromatic N) is 2. The predicted octanol–water partition coefficient (Wildman–Crippen LogP) is 4.11. The SMILES string of the molecule is CNCc1ccccc1CN(CC(=O)Nc1cc2c(cc1C)CC1(C2)C(=O)Nc2ncccc21)C(=O)C(C)(C)C. The maximum atomic E-state index is 13.4. The summed E-state index contributed by atoms with van der Waals surface area (Å²) in [6.07, 6.45) is 2.83. The number of hydrogen-bond acceptors (Lipinski definition) is 5. The van der Waals surface area contributed by atoms with Crippen molar-refractivity contribution in [3.63, 3.8) is 0 Å². The van der Waals surface area contributed by atoms with Gasteiger partial charge in [0.05, 0.1) is 5.41 Å². The topological polar surface area (TPSA) is 103 Å². The molecule has 0 fully saturated rings. The summed E-state index contributed by atoms with van der Waals surface area (Å²) in [5, 5.41) is 9.17. The van der Waals surface area contributed by atoms with Crippen LogP contribution in [0, 0.1) is 12.3 Å². The molecule has 1 atom stereocenters. The van der Waals surface area contributed by atoms with Crippen molar-refractivity contribution in [1.29, 1.82) is 0 Å². The maximum absolute atomic E-state index is 13.4. The molecule has 1 spiro atoms. The number of benzene rings is 2. The van der Waals surface area contributed by atoms with Crippen molar-refractivity contribution >= 4 is 29.2 Å². The van der Waals surface area contributed by atoms with Crippen molar-refractivity contribution in [1.82, 2.24) is 15.2 Å². The normalized spacial score (nSPS) is 17.4. The van der Waals surface area contributed by atoms with Gasteiger partial charge in [0.1, 0.15) is 12.4 Å². The van der Waals surface area contributed by atoms with Crippen LogP contribution in [0.5, 0.6) is 0 Å². The second kappa shape index (κ2) is 10.5. The van der Waals surface area contributed by atoms with Gasteiger partial charge in [0.15, 0.2) is 0 Å². The van der Waals surface area contributed by atoms with E-state index in [1.54, 1.807) is 11.1 Å². The maximum Gasteiger partial charge on any atom is 0.244 e. The lowest BCUT2D eigenvalue weighted by Gasteiger charge is -2.30. The number of hydrogen-bond donors (Lipinski definition) is 3. The summed E-state index contributed by atoms with van der Waals surface area (Å²) in [5.74, 6) is 0.252. The van der Waals surface area contributed by atoms with Gasteiger partial charge in [-0.3, -0.25) is 14.4 Å². The van der Waals surface area contributed by atoms with E-state index in [2.05, 4.69) is 27.0 Å². The molecule has 0 radical (unpaired) electrons. The average Bonchev–Trinajstić information content (AvgIpc) is 3.40. The van der Waals surface area contributed by atoms with Crippen LogP contribution in [-0.2, 0) is 45.7 Å². The van der Waals surface area contributed by atoms with E-state index in [0.717, 1.165) is 33.4 Å². The second-order valence-corrected chi connectivity index (χ2v) is 12.0. The Morgan fingerprint density at radius 1 is 1.05 bits per heavy atom. The summed E-state index contributed by atoms with van der Waals surface area (Å²) >= 11 is 0. The molecule has 2 aromatic carbocycles. The molecular formula is C32H37N5O3. The molecule has 3 N–H and O–H groups in total. The number of carbonyl (C=O) groups is 3. The Hall–Kier alpha value is -4.04. The van der Waals surface area contributed by atoms with Gasteiger partial charge in [-0.15, -0.1) is 0 Å². The summed E-state index contributed by atoms with van der Waals surface area (Å²) in [6, 6.07) is 15.8. The van der Waals surface area contributed by atoms with Gasteiger partial charge >= 0.3 is 0 Å². The van der Waals surface area contributed by atoms with E-state index >= 15 is 0 Å². The third-order valence-electron chi connectivity index (χ3n) is 7.91. The number of pyridine rings is 1. The Morgan fingerprint density at radius 2 is 1.75 bits per heavy atom. The Bertz CT molecular complexity index is 1490.